The van der Waals surface area contributed by atoms with Crippen LogP contribution in [0.2, 0.25) is 5.02 Å². The van der Waals surface area contributed by atoms with Crippen LogP contribution < -0.4 is 15.4 Å². The van der Waals surface area contributed by atoms with E-state index < -0.39 is 0 Å². The molecule has 2 rings (SSSR count). The molecular weight excluding hydrogens is 368 g/mol. The molecule has 122 valence electrons. The quantitative estimate of drug-likeness (QED) is 0.793. The topological polar surface area (TPSA) is 50.4 Å². The van der Waals surface area contributed by atoms with Crippen molar-refractivity contribution in [2.45, 2.75) is 38.6 Å². The van der Waals surface area contributed by atoms with E-state index in [4.69, 9.17) is 16.3 Å². The second-order valence-electron chi connectivity index (χ2n) is 5.76. The summed E-state index contributed by atoms with van der Waals surface area (Å²) in [5.74, 6) is 1.19. The summed E-state index contributed by atoms with van der Waals surface area (Å²) in [5, 5.41) is 6.80. The van der Waals surface area contributed by atoms with E-state index in [2.05, 4.69) is 33.5 Å². The summed E-state index contributed by atoms with van der Waals surface area (Å²) in [6.45, 7) is 2.40. The molecule has 0 saturated heterocycles. The molecule has 22 heavy (non-hydrogen) atoms. The third kappa shape index (κ3) is 4.53. The third-order valence-corrected chi connectivity index (χ3v) is 4.92. The van der Waals surface area contributed by atoms with Crippen LogP contribution in [-0.2, 0) is 4.79 Å². The van der Waals surface area contributed by atoms with Gasteiger partial charge in [0, 0.05) is 11.1 Å². The number of amides is 1. The Hall–Kier alpha value is -0.940. The lowest BCUT2D eigenvalue weighted by Gasteiger charge is -2.29. The molecule has 1 aliphatic carbocycles. The predicted octanol–water partition coefficient (Wildman–Crippen LogP) is 4.22. The number of hydrogen-bond donors (Lipinski definition) is 2. The Morgan fingerprint density at radius 2 is 2.14 bits per heavy atom. The first-order valence-corrected chi connectivity index (χ1v) is 8.74. The first-order chi connectivity index (χ1) is 10.5. The predicted molar refractivity (Wildman–Crippen MR) is 93.8 cm³/mol. The number of halogens is 2. The molecule has 1 amide bonds. The fourth-order valence-electron chi connectivity index (χ4n) is 2.86. The zero-order valence-corrected chi connectivity index (χ0v) is 15.3. The van der Waals surface area contributed by atoms with Crippen LogP contribution in [0.25, 0.3) is 0 Å². The standard InChI is InChI=1S/C16H22BrClN2O2/c1-10-5-3-4-6-13(10)20-15(21)9-19-14-8-11(18)7-12(17)16(14)22-2/h7-8,10,13,19H,3-6,9H2,1-2H3,(H,20,21). The lowest BCUT2D eigenvalue weighted by Crippen LogP contribution is -2.43. The van der Waals surface area contributed by atoms with Gasteiger partial charge >= 0.3 is 0 Å². The molecule has 0 aliphatic heterocycles. The molecule has 1 aromatic rings. The first kappa shape index (κ1) is 17.4. The van der Waals surface area contributed by atoms with E-state index in [0.717, 1.165) is 10.9 Å². The van der Waals surface area contributed by atoms with E-state index >= 15 is 0 Å². The van der Waals surface area contributed by atoms with Gasteiger partial charge in [-0.05, 0) is 46.8 Å². The molecule has 2 unspecified atom stereocenters. The molecule has 1 aromatic carbocycles. The highest BCUT2D eigenvalue weighted by atomic mass is 79.9. The maximum atomic E-state index is 12.1. The third-order valence-electron chi connectivity index (χ3n) is 4.11. The van der Waals surface area contributed by atoms with E-state index in [-0.39, 0.29) is 18.5 Å². The molecule has 2 atom stereocenters. The van der Waals surface area contributed by atoms with Gasteiger partial charge in [-0.2, -0.15) is 0 Å². The molecule has 6 heteroatoms. The molecule has 0 heterocycles. The SMILES string of the molecule is COc1c(Br)cc(Cl)cc1NCC(=O)NC1CCCCC1C. The lowest BCUT2D eigenvalue weighted by atomic mass is 9.86. The van der Waals surface area contributed by atoms with E-state index in [0.29, 0.717) is 22.4 Å². The summed E-state index contributed by atoms with van der Waals surface area (Å²) in [6.07, 6.45) is 4.71. The first-order valence-electron chi connectivity index (χ1n) is 7.57. The van der Waals surface area contributed by atoms with Crippen LogP contribution in [-0.4, -0.2) is 25.6 Å². The van der Waals surface area contributed by atoms with E-state index in [1.54, 1.807) is 19.2 Å². The van der Waals surface area contributed by atoms with Gasteiger partial charge in [-0.25, -0.2) is 0 Å². The molecule has 0 spiro atoms. The second-order valence-corrected chi connectivity index (χ2v) is 7.05. The maximum Gasteiger partial charge on any atom is 0.239 e. The number of carbonyl (C=O) groups is 1. The van der Waals surface area contributed by atoms with Crippen molar-refractivity contribution in [2.24, 2.45) is 5.92 Å². The Labute approximate surface area is 145 Å². The Kier molecular flexibility index (Phi) is 6.38. The smallest absolute Gasteiger partial charge is 0.239 e. The number of nitrogens with one attached hydrogen (secondary N) is 2. The highest BCUT2D eigenvalue weighted by molar-refractivity contribution is 9.10. The van der Waals surface area contributed by atoms with Gasteiger partial charge in [0.15, 0.2) is 5.75 Å². The van der Waals surface area contributed by atoms with Crippen LogP contribution in [0.4, 0.5) is 5.69 Å². The lowest BCUT2D eigenvalue weighted by molar-refractivity contribution is -0.120. The van der Waals surface area contributed by atoms with Crippen LogP contribution in [0.3, 0.4) is 0 Å². The van der Waals surface area contributed by atoms with Gasteiger partial charge in [-0.1, -0.05) is 31.4 Å². The fourth-order valence-corrected chi connectivity index (χ4v) is 3.84. The summed E-state index contributed by atoms with van der Waals surface area (Å²) in [6, 6.07) is 3.80. The zero-order chi connectivity index (χ0) is 16.1. The van der Waals surface area contributed by atoms with Crippen LogP contribution >= 0.6 is 27.5 Å². The van der Waals surface area contributed by atoms with E-state index in [9.17, 15) is 4.79 Å². The summed E-state index contributed by atoms with van der Waals surface area (Å²) in [5.41, 5.74) is 0.703. The Balaban J connectivity index is 1.93. The average Bonchev–Trinajstić information content (AvgIpc) is 2.47. The zero-order valence-electron chi connectivity index (χ0n) is 12.9. The second kappa shape index (κ2) is 8.06. The molecular formula is C16H22BrClN2O2. The fraction of sp³-hybridized carbons (Fsp3) is 0.562. The van der Waals surface area contributed by atoms with Gasteiger partial charge in [0.2, 0.25) is 5.91 Å². The molecule has 1 saturated carbocycles. The number of hydrogen-bond acceptors (Lipinski definition) is 3. The highest BCUT2D eigenvalue weighted by Crippen LogP contribution is 2.36. The highest BCUT2D eigenvalue weighted by Gasteiger charge is 2.22. The van der Waals surface area contributed by atoms with Gasteiger partial charge in [0.05, 0.1) is 23.8 Å². The number of benzene rings is 1. The molecule has 4 nitrogen and oxygen atoms in total. The van der Waals surface area contributed by atoms with Crippen molar-refractivity contribution in [2.75, 3.05) is 19.0 Å². The van der Waals surface area contributed by atoms with Crippen LogP contribution in [0.5, 0.6) is 5.75 Å². The summed E-state index contributed by atoms with van der Waals surface area (Å²) in [7, 11) is 1.59. The monoisotopic (exact) mass is 388 g/mol. The van der Waals surface area contributed by atoms with Crippen molar-refractivity contribution in [3.63, 3.8) is 0 Å². The van der Waals surface area contributed by atoms with Crippen molar-refractivity contribution in [1.82, 2.24) is 5.32 Å². The van der Waals surface area contributed by atoms with Crippen molar-refractivity contribution < 1.29 is 9.53 Å². The number of ether oxygens (including phenoxy) is 1. The minimum Gasteiger partial charge on any atom is -0.493 e. The number of anilines is 1. The van der Waals surface area contributed by atoms with E-state index in [1.807, 2.05) is 0 Å². The van der Waals surface area contributed by atoms with E-state index in [1.165, 1.54) is 19.3 Å². The molecule has 2 N–H and O–H groups in total. The number of methoxy groups -OCH3 is 1. The van der Waals surface area contributed by atoms with Gasteiger partial charge in [-0.3, -0.25) is 4.79 Å². The van der Waals surface area contributed by atoms with Crippen molar-refractivity contribution in [3.05, 3.63) is 21.6 Å². The van der Waals surface area contributed by atoms with Crippen molar-refractivity contribution >= 4 is 39.1 Å². The van der Waals surface area contributed by atoms with Gasteiger partial charge in [0.25, 0.3) is 0 Å². The summed E-state index contributed by atoms with van der Waals surface area (Å²) in [4.78, 5) is 12.1. The molecule has 0 aromatic heterocycles. The molecule has 1 aliphatic rings. The van der Waals surface area contributed by atoms with Crippen molar-refractivity contribution in [3.8, 4) is 5.75 Å². The minimum absolute atomic E-state index is 0.00287. The van der Waals surface area contributed by atoms with Crippen LogP contribution in [0.15, 0.2) is 16.6 Å². The normalized spacial score (nSPS) is 21.3. The Morgan fingerprint density at radius 1 is 1.41 bits per heavy atom. The minimum atomic E-state index is -0.00287. The number of carbonyl (C=O) groups excluding carboxylic acids is 1. The molecule has 0 radical (unpaired) electrons. The maximum absolute atomic E-state index is 12.1. The Bertz CT molecular complexity index is 539. The summed E-state index contributed by atoms with van der Waals surface area (Å²) < 4.78 is 6.09. The van der Waals surface area contributed by atoms with Gasteiger partial charge in [0.1, 0.15) is 0 Å². The largest absolute Gasteiger partial charge is 0.493 e. The van der Waals surface area contributed by atoms with Gasteiger partial charge < -0.3 is 15.4 Å². The molecule has 1 fully saturated rings. The average molecular weight is 390 g/mol. The summed E-state index contributed by atoms with van der Waals surface area (Å²) >= 11 is 9.45. The Morgan fingerprint density at radius 3 is 2.82 bits per heavy atom. The van der Waals surface area contributed by atoms with Crippen LogP contribution in [0.1, 0.15) is 32.6 Å². The van der Waals surface area contributed by atoms with Gasteiger partial charge in [-0.15, -0.1) is 0 Å². The number of rotatable bonds is 5. The van der Waals surface area contributed by atoms with Crippen LogP contribution in [0, 0.1) is 5.92 Å². The molecule has 0 bridgehead atoms. The van der Waals surface area contributed by atoms with Crippen molar-refractivity contribution in [1.29, 1.82) is 0 Å².